The van der Waals surface area contributed by atoms with Crippen LogP contribution in [0.25, 0.3) is 0 Å². The van der Waals surface area contributed by atoms with Crippen LogP contribution in [0.15, 0.2) is 36.5 Å². The second-order valence-electron chi connectivity index (χ2n) is 8.45. The van der Waals surface area contributed by atoms with Gasteiger partial charge in [0, 0.05) is 17.4 Å². The summed E-state index contributed by atoms with van der Waals surface area (Å²) in [6.07, 6.45) is 14.9. The highest BCUT2D eigenvalue weighted by Crippen LogP contribution is 2.66. The summed E-state index contributed by atoms with van der Waals surface area (Å²) in [7, 11) is 0. The molecule has 23 heavy (non-hydrogen) atoms. The summed E-state index contributed by atoms with van der Waals surface area (Å²) in [5, 5.41) is 10.3. The average molecular weight is 312 g/mol. The van der Waals surface area contributed by atoms with Crippen molar-refractivity contribution in [2.75, 3.05) is 6.61 Å². The smallest absolute Gasteiger partial charge is 0.178 e. The van der Waals surface area contributed by atoms with Crippen molar-refractivity contribution in [3.63, 3.8) is 0 Å². The molecule has 3 fully saturated rings. The maximum Gasteiger partial charge on any atom is 0.178 e. The van der Waals surface area contributed by atoms with Crippen LogP contribution < -0.4 is 0 Å². The molecule has 0 amide bonds. The van der Waals surface area contributed by atoms with Gasteiger partial charge >= 0.3 is 0 Å². The van der Waals surface area contributed by atoms with Crippen LogP contribution in [-0.2, 0) is 4.79 Å². The van der Waals surface area contributed by atoms with E-state index in [2.05, 4.69) is 25.7 Å². The molecule has 4 aliphatic carbocycles. The second-order valence-corrected chi connectivity index (χ2v) is 8.45. The van der Waals surface area contributed by atoms with Gasteiger partial charge in [0.2, 0.25) is 0 Å². The van der Waals surface area contributed by atoms with Crippen molar-refractivity contribution in [3.8, 4) is 0 Å². The van der Waals surface area contributed by atoms with Crippen molar-refractivity contribution in [2.45, 2.75) is 45.4 Å². The first-order valence-electron chi connectivity index (χ1n) is 9.23. The second kappa shape index (κ2) is 5.17. The standard InChI is InChI=1S/C21H28O2/c1-3-14-5-7-19-17-6-4-15-12-16(23)8-10-20(15,2)18(17)9-11-21(14,19)13-22/h3,8,10,12,14,17-19,22H,1,4-7,9,11,13H2,2H3/t14-,17+,18-,19-,20-,21-/m0/s1. The molecule has 4 aliphatic rings. The van der Waals surface area contributed by atoms with Crippen molar-refractivity contribution >= 4 is 5.78 Å². The molecule has 4 rings (SSSR count). The number of hydrogen-bond donors (Lipinski definition) is 1. The van der Waals surface area contributed by atoms with Gasteiger partial charge in [-0.05, 0) is 74.3 Å². The highest BCUT2D eigenvalue weighted by molar-refractivity contribution is 6.01. The Kier molecular flexibility index (Phi) is 3.46. The maximum absolute atomic E-state index is 11.8. The molecule has 0 aromatic heterocycles. The molecular weight excluding hydrogens is 284 g/mol. The first kappa shape index (κ1) is 15.4. The van der Waals surface area contributed by atoms with Crippen LogP contribution in [-0.4, -0.2) is 17.5 Å². The highest BCUT2D eigenvalue weighted by atomic mass is 16.3. The number of rotatable bonds is 2. The normalized spacial score (nSPS) is 48.3. The van der Waals surface area contributed by atoms with E-state index in [-0.39, 0.29) is 16.6 Å². The summed E-state index contributed by atoms with van der Waals surface area (Å²) in [6.45, 7) is 6.70. The zero-order valence-corrected chi connectivity index (χ0v) is 14.1. The Morgan fingerprint density at radius 3 is 2.87 bits per heavy atom. The molecule has 6 atom stereocenters. The number of allylic oxidation sites excluding steroid dienone is 5. The first-order valence-corrected chi connectivity index (χ1v) is 9.23. The van der Waals surface area contributed by atoms with E-state index in [1.165, 1.54) is 31.3 Å². The molecule has 0 aliphatic heterocycles. The predicted molar refractivity (Wildman–Crippen MR) is 91.7 cm³/mol. The van der Waals surface area contributed by atoms with Gasteiger partial charge in [0.25, 0.3) is 0 Å². The number of carbonyl (C=O) groups excluding carboxylic acids is 1. The van der Waals surface area contributed by atoms with Gasteiger partial charge < -0.3 is 5.11 Å². The maximum atomic E-state index is 11.8. The van der Waals surface area contributed by atoms with Gasteiger partial charge in [0.05, 0.1) is 0 Å². The average Bonchev–Trinajstić information content (AvgIpc) is 2.94. The van der Waals surface area contributed by atoms with Gasteiger partial charge in [-0.15, -0.1) is 6.58 Å². The third-order valence-electron chi connectivity index (χ3n) is 7.92. The molecule has 124 valence electrons. The van der Waals surface area contributed by atoms with E-state index < -0.39 is 0 Å². The summed E-state index contributed by atoms with van der Waals surface area (Å²) in [5.74, 6) is 2.57. The minimum absolute atomic E-state index is 0.0602. The SMILES string of the molecule is C=C[C@H]1CC[C@H]2[C@@H]3CCC4=CC(=O)C=C[C@]4(C)[C@H]3CC[C@]12CO. The minimum atomic E-state index is 0.0602. The van der Waals surface area contributed by atoms with E-state index in [9.17, 15) is 9.90 Å². The Hall–Kier alpha value is -1.15. The quantitative estimate of drug-likeness (QED) is 0.780. The van der Waals surface area contributed by atoms with E-state index in [1.807, 2.05) is 6.08 Å². The van der Waals surface area contributed by atoms with Crippen LogP contribution in [0.4, 0.5) is 0 Å². The Morgan fingerprint density at radius 2 is 2.13 bits per heavy atom. The highest BCUT2D eigenvalue weighted by Gasteiger charge is 2.59. The Morgan fingerprint density at radius 1 is 1.30 bits per heavy atom. The molecule has 3 saturated carbocycles. The van der Waals surface area contributed by atoms with E-state index in [1.54, 1.807) is 6.08 Å². The lowest BCUT2D eigenvalue weighted by atomic mass is 9.47. The van der Waals surface area contributed by atoms with Crippen molar-refractivity contribution in [1.82, 2.24) is 0 Å². The molecule has 0 spiro atoms. The summed E-state index contributed by atoms with van der Waals surface area (Å²) >= 11 is 0. The van der Waals surface area contributed by atoms with Gasteiger partial charge in [-0.3, -0.25) is 4.79 Å². The number of ketones is 1. The van der Waals surface area contributed by atoms with Crippen molar-refractivity contribution in [2.24, 2.45) is 34.5 Å². The zero-order valence-electron chi connectivity index (χ0n) is 14.1. The molecule has 0 aromatic carbocycles. The third kappa shape index (κ3) is 1.94. The molecule has 0 heterocycles. The van der Waals surface area contributed by atoms with Gasteiger partial charge in [0.1, 0.15) is 0 Å². The van der Waals surface area contributed by atoms with Crippen LogP contribution >= 0.6 is 0 Å². The fourth-order valence-electron chi connectivity index (χ4n) is 6.72. The van der Waals surface area contributed by atoms with Gasteiger partial charge in [-0.2, -0.15) is 0 Å². The van der Waals surface area contributed by atoms with Crippen molar-refractivity contribution in [3.05, 3.63) is 36.5 Å². The Labute approximate surface area is 139 Å². The van der Waals surface area contributed by atoms with Crippen molar-refractivity contribution < 1.29 is 9.90 Å². The number of hydrogen-bond acceptors (Lipinski definition) is 2. The van der Waals surface area contributed by atoms with E-state index in [0.717, 1.165) is 12.8 Å². The molecule has 0 saturated heterocycles. The molecule has 1 N–H and O–H groups in total. The topological polar surface area (TPSA) is 37.3 Å². The number of aliphatic hydroxyl groups excluding tert-OH is 1. The molecular formula is C21H28O2. The summed E-state index contributed by atoms with van der Waals surface area (Å²) < 4.78 is 0. The lowest BCUT2D eigenvalue weighted by Gasteiger charge is -2.57. The van der Waals surface area contributed by atoms with Crippen LogP contribution in [0.2, 0.25) is 0 Å². The van der Waals surface area contributed by atoms with Crippen molar-refractivity contribution in [1.29, 1.82) is 0 Å². The van der Waals surface area contributed by atoms with Crippen LogP contribution in [0, 0.1) is 34.5 Å². The Bertz CT molecular complexity index is 601. The number of carbonyl (C=O) groups is 1. The van der Waals surface area contributed by atoms with Crippen LogP contribution in [0.1, 0.15) is 45.4 Å². The molecule has 0 unspecified atom stereocenters. The third-order valence-corrected chi connectivity index (χ3v) is 7.92. The molecule has 0 bridgehead atoms. The monoisotopic (exact) mass is 312 g/mol. The summed E-state index contributed by atoms with van der Waals surface area (Å²) in [5.41, 5.74) is 1.49. The molecule has 0 radical (unpaired) electrons. The summed E-state index contributed by atoms with van der Waals surface area (Å²) in [6, 6.07) is 0. The molecule has 2 heteroatoms. The fraction of sp³-hybridized carbons (Fsp3) is 0.667. The molecule has 2 nitrogen and oxygen atoms in total. The lowest BCUT2D eigenvalue weighted by Crippen LogP contribution is -2.51. The summed E-state index contributed by atoms with van der Waals surface area (Å²) in [4.78, 5) is 11.8. The number of fused-ring (bicyclic) bond motifs is 5. The molecule has 0 aromatic rings. The number of aliphatic hydroxyl groups is 1. The van der Waals surface area contributed by atoms with Crippen LogP contribution in [0.3, 0.4) is 0 Å². The van der Waals surface area contributed by atoms with E-state index in [0.29, 0.717) is 30.3 Å². The predicted octanol–water partition coefficient (Wildman–Crippen LogP) is 4.07. The van der Waals surface area contributed by atoms with E-state index >= 15 is 0 Å². The van der Waals surface area contributed by atoms with E-state index in [4.69, 9.17) is 0 Å². The van der Waals surface area contributed by atoms with Gasteiger partial charge in [0.15, 0.2) is 5.78 Å². The largest absolute Gasteiger partial charge is 0.396 e. The van der Waals surface area contributed by atoms with Crippen LogP contribution in [0.5, 0.6) is 0 Å². The Balaban J connectivity index is 1.70. The zero-order chi connectivity index (χ0) is 16.2. The van der Waals surface area contributed by atoms with Gasteiger partial charge in [-0.25, -0.2) is 0 Å². The van der Waals surface area contributed by atoms with Gasteiger partial charge in [-0.1, -0.05) is 24.6 Å². The first-order chi connectivity index (χ1) is 11.0. The minimum Gasteiger partial charge on any atom is -0.396 e. The fourth-order valence-corrected chi connectivity index (χ4v) is 6.72. The lowest BCUT2D eigenvalue weighted by molar-refractivity contribution is -0.111.